The van der Waals surface area contributed by atoms with Crippen molar-refractivity contribution in [3.05, 3.63) is 29.6 Å². The molecule has 0 saturated carbocycles. The SMILES string of the molecule is CC1CN(c2ccc(F)cc2C=O)CC(C)N1C. The number of likely N-dealkylation sites (N-methyl/N-ethyl adjacent to an activating group) is 1. The molecule has 0 amide bonds. The Hall–Kier alpha value is -1.42. The van der Waals surface area contributed by atoms with Gasteiger partial charge in [-0.3, -0.25) is 9.69 Å². The molecule has 1 aromatic carbocycles. The molecule has 0 aromatic heterocycles. The molecule has 0 aliphatic carbocycles. The van der Waals surface area contributed by atoms with Crippen molar-refractivity contribution < 1.29 is 9.18 Å². The molecule has 0 bridgehead atoms. The number of nitrogens with zero attached hydrogens (tertiary/aromatic N) is 2. The summed E-state index contributed by atoms with van der Waals surface area (Å²) in [5, 5.41) is 0. The molecular formula is C14H19FN2O. The maximum Gasteiger partial charge on any atom is 0.152 e. The van der Waals surface area contributed by atoms with E-state index in [1.165, 1.54) is 12.1 Å². The van der Waals surface area contributed by atoms with Crippen molar-refractivity contribution in [1.29, 1.82) is 0 Å². The van der Waals surface area contributed by atoms with Crippen molar-refractivity contribution in [2.75, 3.05) is 25.0 Å². The Morgan fingerprint density at radius 1 is 1.28 bits per heavy atom. The van der Waals surface area contributed by atoms with E-state index >= 15 is 0 Å². The lowest BCUT2D eigenvalue weighted by Gasteiger charge is -2.43. The zero-order valence-corrected chi connectivity index (χ0v) is 11.1. The lowest BCUT2D eigenvalue weighted by atomic mass is 10.1. The second kappa shape index (κ2) is 5.06. The predicted molar refractivity (Wildman–Crippen MR) is 70.7 cm³/mol. The maximum atomic E-state index is 13.1. The summed E-state index contributed by atoms with van der Waals surface area (Å²) in [6, 6.07) is 5.24. The summed E-state index contributed by atoms with van der Waals surface area (Å²) in [7, 11) is 2.11. The van der Waals surface area contributed by atoms with Crippen LogP contribution in [0.3, 0.4) is 0 Å². The van der Waals surface area contributed by atoms with Crippen LogP contribution in [0.4, 0.5) is 10.1 Å². The number of rotatable bonds is 2. The highest BCUT2D eigenvalue weighted by Crippen LogP contribution is 2.25. The summed E-state index contributed by atoms with van der Waals surface area (Å²) >= 11 is 0. The van der Waals surface area contributed by atoms with Gasteiger partial charge in [0.05, 0.1) is 0 Å². The quantitative estimate of drug-likeness (QED) is 0.752. The average molecular weight is 250 g/mol. The number of hydrogen-bond acceptors (Lipinski definition) is 3. The second-order valence-corrected chi connectivity index (χ2v) is 5.09. The number of anilines is 1. The van der Waals surface area contributed by atoms with Crippen LogP contribution in [0.5, 0.6) is 0 Å². The summed E-state index contributed by atoms with van der Waals surface area (Å²) in [5.41, 5.74) is 1.26. The number of hydrogen-bond donors (Lipinski definition) is 0. The second-order valence-electron chi connectivity index (χ2n) is 5.09. The van der Waals surface area contributed by atoms with Crippen molar-refractivity contribution in [1.82, 2.24) is 4.90 Å². The van der Waals surface area contributed by atoms with Crippen LogP contribution in [0.1, 0.15) is 24.2 Å². The first kappa shape index (κ1) is 13.0. The van der Waals surface area contributed by atoms with E-state index in [-0.39, 0.29) is 5.82 Å². The van der Waals surface area contributed by atoms with Crippen LogP contribution in [-0.2, 0) is 0 Å². The van der Waals surface area contributed by atoms with Crippen molar-refractivity contribution in [3.8, 4) is 0 Å². The van der Waals surface area contributed by atoms with Crippen LogP contribution in [0.25, 0.3) is 0 Å². The third-order valence-corrected chi connectivity index (χ3v) is 3.82. The fraction of sp³-hybridized carbons (Fsp3) is 0.500. The number of carbonyl (C=O) groups is 1. The Morgan fingerprint density at radius 3 is 2.44 bits per heavy atom. The number of piperazine rings is 1. The van der Waals surface area contributed by atoms with E-state index in [1.54, 1.807) is 6.07 Å². The molecule has 2 rings (SSSR count). The minimum Gasteiger partial charge on any atom is -0.368 e. The van der Waals surface area contributed by atoms with E-state index < -0.39 is 0 Å². The first-order valence-electron chi connectivity index (χ1n) is 6.24. The molecule has 1 saturated heterocycles. The van der Waals surface area contributed by atoms with Gasteiger partial charge < -0.3 is 4.90 Å². The molecule has 3 nitrogen and oxygen atoms in total. The van der Waals surface area contributed by atoms with E-state index in [2.05, 4.69) is 30.7 Å². The normalized spacial score (nSPS) is 25.2. The molecule has 0 N–H and O–H groups in total. The van der Waals surface area contributed by atoms with E-state index in [9.17, 15) is 9.18 Å². The van der Waals surface area contributed by atoms with Crippen molar-refractivity contribution >= 4 is 12.0 Å². The predicted octanol–water partition coefficient (Wildman–Crippen LogP) is 2.17. The largest absolute Gasteiger partial charge is 0.368 e. The molecular weight excluding hydrogens is 231 g/mol. The molecule has 0 spiro atoms. The van der Waals surface area contributed by atoms with Crippen LogP contribution in [0, 0.1) is 5.82 Å². The maximum absolute atomic E-state index is 13.1. The Kier molecular flexibility index (Phi) is 3.66. The molecule has 1 heterocycles. The highest BCUT2D eigenvalue weighted by Gasteiger charge is 2.27. The van der Waals surface area contributed by atoms with Crippen molar-refractivity contribution in [2.24, 2.45) is 0 Å². The summed E-state index contributed by atoms with van der Waals surface area (Å²) in [6.07, 6.45) is 0.728. The molecule has 2 atom stereocenters. The summed E-state index contributed by atoms with van der Waals surface area (Å²) in [4.78, 5) is 15.5. The van der Waals surface area contributed by atoms with E-state index in [1.807, 2.05) is 0 Å². The van der Waals surface area contributed by atoms with Gasteiger partial charge in [0.25, 0.3) is 0 Å². The highest BCUT2D eigenvalue weighted by molar-refractivity contribution is 5.84. The van der Waals surface area contributed by atoms with Gasteiger partial charge in [0.2, 0.25) is 0 Å². The Balaban J connectivity index is 2.29. The fourth-order valence-corrected chi connectivity index (χ4v) is 2.51. The zero-order valence-electron chi connectivity index (χ0n) is 11.1. The number of benzene rings is 1. The third kappa shape index (κ3) is 2.38. The zero-order chi connectivity index (χ0) is 13.3. The van der Waals surface area contributed by atoms with Gasteiger partial charge in [0.1, 0.15) is 5.82 Å². The molecule has 1 fully saturated rings. The van der Waals surface area contributed by atoms with Gasteiger partial charge in [-0.25, -0.2) is 4.39 Å². The standard InChI is InChI=1S/C14H19FN2O/c1-10-7-17(8-11(2)16(10)3)14-5-4-13(15)6-12(14)9-18/h4-6,9-11H,7-8H2,1-3H3. The summed E-state index contributed by atoms with van der Waals surface area (Å²) in [5.74, 6) is -0.365. The molecule has 4 heteroatoms. The number of halogens is 1. The Morgan fingerprint density at radius 2 is 1.89 bits per heavy atom. The molecule has 98 valence electrons. The topological polar surface area (TPSA) is 23.6 Å². The smallest absolute Gasteiger partial charge is 0.152 e. The van der Waals surface area contributed by atoms with E-state index in [4.69, 9.17) is 0 Å². The molecule has 18 heavy (non-hydrogen) atoms. The fourth-order valence-electron chi connectivity index (χ4n) is 2.51. The first-order valence-corrected chi connectivity index (χ1v) is 6.24. The van der Waals surface area contributed by atoms with Crippen LogP contribution < -0.4 is 4.90 Å². The third-order valence-electron chi connectivity index (χ3n) is 3.82. The molecule has 1 aliphatic heterocycles. The first-order chi connectivity index (χ1) is 8.52. The van der Waals surface area contributed by atoms with Gasteiger partial charge in [0, 0.05) is 36.4 Å². The van der Waals surface area contributed by atoms with Gasteiger partial charge in [-0.2, -0.15) is 0 Å². The Bertz CT molecular complexity index is 437. The molecule has 1 aromatic rings. The summed E-state index contributed by atoms with van der Waals surface area (Å²) < 4.78 is 13.1. The van der Waals surface area contributed by atoms with Crippen LogP contribution in [0.15, 0.2) is 18.2 Å². The minimum absolute atomic E-state index is 0.365. The van der Waals surface area contributed by atoms with E-state index in [0.717, 1.165) is 25.1 Å². The van der Waals surface area contributed by atoms with Crippen molar-refractivity contribution in [2.45, 2.75) is 25.9 Å². The summed E-state index contributed by atoms with van der Waals surface area (Å²) in [6.45, 7) is 6.03. The van der Waals surface area contributed by atoms with Gasteiger partial charge in [0.15, 0.2) is 6.29 Å². The number of aldehydes is 1. The van der Waals surface area contributed by atoms with Gasteiger partial charge in [-0.1, -0.05) is 0 Å². The van der Waals surface area contributed by atoms with Crippen LogP contribution >= 0.6 is 0 Å². The average Bonchev–Trinajstić information content (AvgIpc) is 2.35. The molecule has 1 aliphatic rings. The monoisotopic (exact) mass is 250 g/mol. The van der Waals surface area contributed by atoms with Gasteiger partial charge >= 0.3 is 0 Å². The lowest BCUT2D eigenvalue weighted by Crippen LogP contribution is -2.55. The van der Waals surface area contributed by atoms with Crippen molar-refractivity contribution in [3.63, 3.8) is 0 Å². The highest BCUT2D eigenvalue weighted by atomic mass is 19.1. The molecule has 0 radical (unpaired) electrons. The van der Waals surface area contributed by atoms with Crippen LogP contribution in [0.2, 0.25) is 0 Å². The van der Waals surface area contributed by atoms with Crippen LogP contribution in [-0.4, -0.2) is 43.4 Å². The number of carbonyl (C=O) groups excluding carboxylic acids is 1. The lowest BCUT2D eigenvalue weighted by molar-refractivity contribution is 0.112. The van der Waals surface area contributed by atoms with Gasteiger partial charge in [-0.15, -0.1) is 0 Å². The Labute approximate surface area is 107 Å². The van der Waals surface area contributed by atoms with E-state index in [0.29, 0.717) is 17.6 Å². The minimum atomic E-state index is -0.365. The molecule has 2 unspecified atom stereocenters. The van der Waals surface area contributed by atoms with Gasteiger partial charge in [-0.05, 0) is 39.1 Å².